The molecule has 0 unspecified atom stereocenters. The van der Waals surface area contributed by atoms with Gasteiger partial charge in [0.05, 0.1) is 22.4 Å². The summed E-state index contributed by atoms with van der Waals surface area (Å²) in [5.41, 5.74) is 4.29. The lowest BCUT2D eigenvalue weighted by molar-refractivity contribution is 0.101. The number of ketones is 1. The van der Waals surface area contributed by atoms with E-state index < -0.39 is 0 Å². The number of nitrogens with zero attached hydrogens (tertiary/aromatic N) is 2. The van der Waals surface area contributed by atoms with Gasteiger partial charge >= 0.3 is 0 Å². The van der Waals surface area contributed by atoms with Crippen molar-refractivity contribution in [2.45, 2.75) is 27.2 Å². The van der Waals surface area contributed by atoms with Crippen LogP contribution < -0.4 is 0 Å². The Labute approximate surface area is 94.5 Å². The summed E-state index contributed by atoms with van der Waals surface area (Å²) in [5.74, 6) is 0.0577. The molecule has 0 radical (unpaired) electrons. The van der Waals surface area contributed by atoms with Crippen LogP contribution in [-0.2, 0) is 6.42 Å². The number of hydrogen-bond donors (Lipinski definition) is 0. The molecule has 0 fully saturated rings. The number of carbonyl (C=O) groups is 1. The molecule has 0 amide bonds. The van der Waals surface area contributed by atoms with E-state index in [0.717, 1.165) is 28.8 Å². The van der Waals surface area contributed by atoms with Gasteiger partial charge in [-0.25, -0.2) is 9.97 Å². The second kappa shape index (κ2) is 4.00. The quantitative estimate of drug-likeness (QED) is 0.722. The number of hydrogen-bond acceptors (Lipinski definition) is 3. The van der Waals surface area contributed by atoms with Gasteiger partial charge in [-0.1, -0.05) is 6.92 Å². The van der Waals surface area contributed by atoms with Gasteiger partial charge in [0.2, 0.25) is 0 Å². The van der Waals surface area contributed by atoms with Crippen molar-refractivity contribution >= 4 is 16.8 Å². The molecule has 0 bridgehead atoms. The molecule has 82 valence electrons. The van der Waals surface area contributed by atoms with Crippen molar-refractivity contribution < 1.29 is 4.79 Å². The first kappa shape index (κ1) is 10.7. The third kappa shape index (κ3) is 1.81. The molecule has 3 nitrogen and oxygen atoms in total. The Kier molecular flexibility index (Phi) is 2.69. The highest BCUT2D eigenvalue weighted by Gasteiger charge is 2.06. The van der Waals surface area contributed by atoms with Crippen LogP contribution in [-0.4, -0.2) is 15.8 Å². The highest BCUT2D eigenvalue weighted by molar-refractivity contribution is 5.97. The molecule has 0 aliphatic heterocycles. The van der Waals surface area contributed by atoms with Crippen LogP contribution in [0.5, 0.6) is 0 Å². The van der Waals surface area contributed by atoms with Gasteiger partial charge in [0.25, 0.3) is 0 Å². The van der Waals surface area contributed by atoms with E-state index >= 15 is 0 Å². The summed E-state index contributed by atoms with van der Waals surface area (Å²) in [6, 6.07) is 5.46. The van der Waals surface area contributed by atoms with Crippen LogP contribution in [0.1, 0.15) is 35.6 Å². The molecule has 0 aliphatic carbocycles. The molecule has 1 aromatic heterocycles. The Morgan fingerprint density at radius 3 is 2.62 bits per heavy atom. The third-order valence-electron chi connectivity index (χ3n) is 2.68. The predicted octanol–water partition coefficient (Wildman–Crippen LogP) is 2.70. The Morgan fingerprint density at radius 1 is 1.25 bits per heavy atom. The van der Waals surface area contributed by atoms with E-state index in [0.29, 0.717) is 5.56 Å². The second-order valence-electron chi connectivity index (χ2n) is 3.87. The minimum atomic E-state index is 0.0577. The van der Waals surface area contributed by atoms with Gasteiger partial charge in [-0.15, -0.1) is 0 Å². The van der Waals surface area contributed by atoms with Gasteiger partial charge in [-0.05, 0) is 38.5 Å². The van der Waals surface area contributed by atoms with Crippen molar-refractivity contribution in [3.63, 3.8) is 0 Å². The Balaban J connectivity index is 2.68. The van der Waals surface area contributed by atoms with Crippen LogP contribution in [0.25, 0.3) is 11.0 Å². The second-order valence-corrected chi connectivity index (χ2v) is 3.87. The van der Waals surface area contributed by atoms with Crippen LogP contribution in [0, 0.1) is 6.92 Å². The highest BCUT2D eigenvalue weighted by atomic mass is 16.1. The summed E-state index contributed by atoms with van der Waals surface area (Å²) in [6.45, 7) is 5.57. The maximum Gasteiger partial charge on any atom is 0.159 e. The molecule has 16 heavy (non-hydrogen) atoms. The Hall–Kier alpha value is -1.77. The number of Topliss-reactive ketones (excluding diaryl/α,β-unsaturated/α-hetero) is 1. The molecule has 0 spiro atoms. The van der Waals surface area contributed by atoms with E-state index in [2.05, 4.69) is 16.9 Å². The number of aromatic nitrogens is 2. The molecule has 0 saturated heterocycles. The average Bonchev–Trinajstić information content (AvgIpc) is 2.27. The molecular formula is C13H14N2O. The summed E-state index contributed by atoms with van der Waals surface area (Å²) in [4.78, 5) is 20.3. The van der Waals surface area contributed by atoms with Gasteiger partial charge in [0, 0.05) is 5.56 Å². The number of fused-ring (bicyclic) bond motifs is 1. The van der Waals surface area contributed by atoms with Crippen LogP contribution in [0.4, 0.5) is 0 Å². The summed E-state index contributed by atoms with van der Waals surface area (Å²) in [7, 11) is 0. The third-order valence-corrected chi connectivity index (χ3v) is 2.68. The zero-order valence-electron chi connectivity index (χ0n) is 9.74. The van der Waals surface area contributed by atoms with Crippen LogP contribution in [0.2, 0.25) is 0 Å². The molecule has 0 atom stereocenters. The monoisotopic (exact) mass is 214 g/mol. The van der Waals surface area contributed by atoms with E-state index in [4.69, 9.17) is 0 Å². The fraction of sp³-hybridized carbons (Fsp3) is 0.308. The molecule has 1 aromatic carbocycles. The first-order valence-corrected chi connectivity index (χ1v) is 5.40. The van der Waals surface area contributed by atoms with Crippen molar-refractivity contribution in [2.75, 3.05) is 0 Å². The summed E-state index contributed by atoms with van der Waals surface area (Å²) in [5, 5.41) is 0. The van der Waals surface area contributed by atoms with Crippen molar-refractivity contribution in [3.05, 3.63) is 35.2 Å². The minimum Gasteiger partial charge on any atom is -0.295 e. The summed E-state index contributed by atoms with van der Waals surface area (Å²) < 4.78 is 0. The maximum absolute atomic E-state index is 11.3. The fourth-order valence-corrected chi connectivity index (χ4v) is 1.73. The smallest absolute Gasteiger partial charge is 0.159 e. The van der Waals surface area contributed by atoms with Gasteiger partial charge in [0.15, 0.2) is 5.78 Å². The molecular weight excluding hydrogens is 200 g/mol. The zero-order chi connectivity index (χ0) is 11.7. The minimum absolute atomic E-state index is 0.0577. The summed E-state index contributed by atoms with van der Waals surface area (Å²) >= 11 is 0. The zero-order valence-corrected chi connectivity index (χ0v) is 9.74. The normalized spacial score (nSPS) is 10.7. The molecule has 2 aromatic rings. The lowest BCUT2D eigenvalue weighted by Gasteiger charge is -2.05. The van der Waals surface area contributed by atoms with Crippen LogP contribution >= 0.6 is 0 Å². The fourth-order valence-electron chi connectivity index (χ4n) is 1.73. The Morgan fingerprint density at radius 2 is 2.00 bits per heavy atom. The standard InChI is InChI=1S/C13H14N2O/c1-4-11-8(2)14-12-6-5-10(9(3)16)7-13(12)15-11/h5-7H,4H2,1-3H3. The largest absolute Gasteiger partial charge is 0.295 e. The molecule has 0 aliphatic rings. The van der Waals surface area contributed by atoms with Crippen molar-refractivity contribution in [2.24, 2.45) is 0 Å². The Bertz CT molecular complexity index is 561. The molecule has 2 rings (SSSR count). The highest BCUT2D eigenvalue weighted by Crippen LogP contribution is 2.15. The van der Waals surface area contributed by atoms with Crippen molar-refractivity contribution in [1.29, 1.82) is 0 Å². The predicted molar refractivity (Wildman–Crippen MR) is 63.7 cm³/mol. The van der Waals surface area contributed by atoms with Crippen molar-refractivity contribution in [3.8, 4) is 0 Å². The van der Waals surface area contributed by atoms with Gasteiger partial charge in [-0.2, -0.15) is 0 Å². The van der Waals surface area contributed by atoms with Gasteiger partial charge in [-0.3, -0.25) is 4.79 Å². The van der Waals surface area contributed by atoms with Crippen molar-refractivity contribution in [1.82, 2.24) is 9.97 Å². The average molecular weight is 214 g/mol. The number of carbonyl (C=O) groups excluding carboxylic acids is 1. The first-order chi connectivity index (χ1) is 7.61. The number of benzene rings is 1. The van der Waals surface area contributed by atoms with E-state index in [1.807, 2.05) is 19.1 Å². The van der Waals surface area contributed by atoms with Crippen LogP contribution in [0.15, 0.2) is 18.2 Å². The molecule has 0 N–H and O–H groups in total. The number of rotatable bonds is 2. The van der Waals surface area contributed by atoms with Gasteiger partial charge < -0.3 is 0 Å². The maximum atomic E-state index is 11.3. The van der Waals surface area contributed by atoms with E-state index in [-0.39, 0.29) is 5.78 Å². The lowest BCUT2D eigenvalue weighted by atomic mass is 10.1. The topological polar surface area (TPSA) is 42.9 Å². The SMILES string of the molecule is CCc1nc2cc(C(C)=O)ccc2nc1C. The van der Waals surface area contributed by atoms with Gasteiger partial charge in [0.1, 0.15) is 0 Å². The molecule has 3 heteroatoms. The van der Waals surface area contributed by atoms with Crippen LogP contribution in [0.3, 0.4) is 0 Å². The van der Waals surface area contributed by atoms with E-state index in [1.165, 1.54) is 0 Å². The summed E-state index contributed by atoms with van der Waals surface area (Å²) in [6.07, 6.45) is 0.860. The first-order valence-electron chi connectivity index (χ1n) is 5.40. The lowest BCUT2D eigenvalue weighted by Crippen LogP contribution is -1.99. The molecule has 0 saturated carbocycles. The van der Waals surface area contributed by atoms with E-state index in [1.54, 1.807) is 13.0 Å². The number of aryl methyl sites for hydroxylation is 2. The molecule has 1 heterocycles. The van der Waals surface area contributed by atoms with E-state index in [9.17, 15) is 4.79 Å².